The first-order valence-corrected chi connectivity index (χ1v) is 7.76. The van der Waals surface area contributed by atoms with Crippen molar-refractivity contribution in [2.75, 3.05) is 11.4 Å². The minimum atomic E-state index is 0.0258. The molecule has 6 heteroatoms. The summed E-state index contributed by atoms with van der Waals surface area (Å²) < 4.78 is 0. The number of pyridine rings is 1. The van der Waals surface area contributed by atoms with Crippen LogP contribution in [0.15, 0.2) is 24.7 Å². The minimum absolute atomic E-state index is 0.0258. The molecule has 0 N–H and O–H groups in total. The number of nitrogens with zero attached hydrogens (tertiary/aromatic N) is 5. The van der Waals surface area contributed by atoms with Gasteiger partial charge in [-0.25, -0.2) is 15.0 Å². The molecule has 1 aliphatic carbocycles. The molecule has 110 valence electrons. The van der Waals surface area contributed by atoms with Gasteiger partial charge in [-0.1, -0.05) is 24.4 Å². The molecule has 2 aromatic rings. The van der Waals surface area contributed by atoms with Crippen LogP contribution in [0.3, 0.4) is 0 Å². The van der Waals surface area contributed by atoms with Crippen LogP contribution in [0, 0.1) is 11.3 Å². The fraction of sp³-hybridized carbons (Fsp3) is 0.375. The van der Waals surface area contributed by atoms with Crippen LogP contribution in [0.5, 0.6) is 0 Å². The fourth-order valence-electron chi connectivity index (χ4n) is 3.76. The number of rotatable bonds is 1. The first kappa shape index (κ1) is 13.5. The van der Waals surface area contributed by atoms with E-state index in [0.29, 0.717) is 10.7 Å². The molecule has 1 saturated carbocycles. The lowest BCUT2D eigenvalue weighted by molar-refractivity contribution is 0.475. The first-order chi connectivity index (χ1) is 10.7. The average molecular weight is 312 g/mol. The van der Waals surface area contributed by atoms with Crippen LogP contribution < -0.4 is 4.90 Å². The molecule has 3 heterocycles. The van der Waals surface area contributed by atoms with Crippen LogP contribution in [0.2, 0.25) is 5.15 Å². The number of nitriles is 1. The van der Waals surface area contributed by atoms with Gasteiger partial charge in [0, 0.05) is 23.7 Å². The predicted molar refractivity (Wildman–Crippen MR) is 83.1 cm³/mol. The molecule has 0 unspecified atom stereocenters. The van der Waals surface area contributed by atoms with E-state index in [2.05, 4.69) is 25.9 Å². The topological polar surface area (TPSA) is 65.7 Å². The normalized spacial score (nSPS) is 18.5. The van der Waals surface area contributed by atoms with E-state index >= 15 is 0 Å². The van der Waals surface area contributed by atoms with Gasteiger partial charge < -0.3 is 4.90 Å². The molecule has 0 radical (unpaired) electrons. The van der Waals surface area contributed by atoms with Crippen LogP contribution >= 0.6 is 11.6 Å². The zero-order chi connectivity index (χ0) is 15.2. The van der Waals surface area contributed by atoms with E-state index in [-0.39, 0.29) is 5.41 Å². The van der Waals surface area contributed by atoms with Gasteiger partial charge in [0.05, 0.1) is 11.6 Å². The maximum Gasteiger partial charge on any atom is 0.142 e. The largest absolute Gasteiger partial charge is 0.310 e. The summed E-state index contributed by atoms with van der Waals surface area (Å²) in [5.41, 5.74) is 1.68. The van der Waals surface area contributed by atoms with Crippen molar-refractivity contribution in [3.63, 3.8) is 0 Å². The van der Waals surface area contributed by atoms with Crippen LogP contribution in [0.1, 0.15) is 36.8 Å². The van der Waals surface area contributed by atoms with Gasteiger partial charge in [0.15, 0.2) is 0 Å². The number of hydrogen-bond donors (Lipinski definition) is 0. The van der Waals surface area contributed by atoms with Gasteiger partial charge in [-0.3, -0.25) is 0 Å². The molecule has 2 aromatic heterocycles. The lowest BCUT2D eigenvalue weighted by atomic mass is 9.82. The van der Waals surface area contributed by atoms with Crippen molar-refractivity contribution in [2.24, 2.45) is 0 Å². The van der Waals surface area contributed by atoms with Crippen molar-refractivity contribution in [2.45, 2.75) is 31.1 Å². The monoisotopic (exact) mass is 311 g/mol. The highest BCUT2D eigenvalue weighted by Crippen LogP contribution is 2.53. The second kappa shape index (κ2) is 4.92. The summed E-state index contributed by atoms with van der Waals surface area (Å²) in [6.07, 6.45) is 7.75. The summed E-state index contributed by atoms with van der Waals surface area (Å²) in [5, 5.41) is 9.65. The summed E-state index contributed by atoms with van der Waals surface area (Å²) in [6, 6.07) is 5.67. The van der Waals surface area contributed by atoms with E-state index in [9.17, 15) is 0 Å². The Bertz CT molecular complexity index is 776. The van der Waals surface area contributed by atoms with Gasteiger partial charge >= 0.3 is 0 Å². The van der Waals surface area contributed by atoms with E-state index in [1.807, 2.05) is 0 Å². The van der Waals surface area contributed by atoms with Gasteiger partial charge in [0.2, 0.25) is 0 Å². The molecular formula is C16H14ClN5. The number of hydrogen-bond acceptors (Lipinski definition) is 5. The summed E-state index contributed by atoms with van der Waals surface area (Å²) in [7, 11) is 0. The van der Waals surface area contributed by atoms with Gasteiger partial charge in [0.1, 0.15) is 23.1 Å². The fourth-order valence-corrected chi connectivity index (χ4v) is 4.09. The molecule has 22 heavy (non-hydrogen) atoms. The molecule has 0 amide bonds. The highest BCUT2D eigenvalue weighted by Gasteiger charge is 2.48. The molecule has 1 spiro atoms. The van der Waals surface area contributed by atoms with E-state index in [4.69, 9.17) is 16.9 Å². The molecular weight excluding hydrogens is 298 g/mol. The van der Waals surface area contributed by atoms with E-state index in [1.165, 1.54) is 19.2 Å². The van der Waals surface area contributed by atoms with Crippen molar-refractivity contribution < 1.29 is 0 Å². The highest BCUT2D eigenvalue weighted by atomic mass is 35.5. The molecule has 0 atom stereocenters. The number of aromatic nitrogens is 3. The number of anilines is 2. The molecule has 0 aromatic carbocycles. The third-order valence-corrected chi connectivity index (χ3v) is 5.03. The van der Waals surface area contributed by atoms with Crippen molar-refractivity contribution in [1.82, 2.24) is 15.0 Å². The second-order valence-electron chi connectivity index (χ2n) is 5.95. The molecule has 1 aliphatic heterocycles. The van der Waals surface area contributed by atoms with Crippen molar-refractivity contribution in [1.29, 1.82) is 5.26 Å². The summed E-state index contributed by atoms with van der Waals surface area (Å²) in [5.74, 6) is 1.59. The predicted octanol–water partition coefficient (Wildman–Crippen LogP) is 3.36. The smallest absolute Gasteiger partial charge is 0.142 e. The summed E-state index contributed by atoms with van der Waals surface area (Å²) >= 11 is 6.40. The molecule has 0 saturated heterocycles. The Kier molecular flexibility index (Phi) is 3.02. The Morgan fingerprint density at radius 2 is 2.05 bits per heavy atom. The highest BCUT2D eigenvalue weighted by molar-refractivity contribution is 6.30. The summed E-state index contributed by atoms with van der Waals surface area (Å²) in [6.45, 7) is 0.808. The van der Waals surface area contributed by atoms with Crippen LogP contribution in [-0.2, 0) is 5.41 Å². The average Bonchev–Trinajstić information content (AvgIpc) is 3.14. The zero-order valence-electron chi connectivity index (χ0n) is 12.0. The van der Waals surface area contributed by atoms with E-state index < -0.39 is 0 Å². The lowest BCUT2D eigenvalue weighted by Gasteiger charge is -2.24. The Morgan fingerprint density at radius 1 is 1.23 bits per heavy atom. The van der Waals surface area contributed by atoms with Crippen LogP contribution in [0.25, 0.3) is 0 Å². The Hall–Kier alpha value is -2.19. The molecule has 0 bridgehead atoms. The van der Waals surface area contributed by atoms with Gasteiger partial charge in [-0.2, -0.15) is 5.26 Å². The molecule has 5 nitrogen and oxygen atoms in total. The maximum atomic E-state index is 9.11. The van der Waals surface area contributed by atoms with Crippen molar-refractivity contribution in [3.8, 4) is 6.07 Å². The Labute approximate surface area is 133 Å². The number of fused-ring (bicyclic) bond motifs is 2. The lowest BCUT2D eigenvalue weighted by Crippen LogP contribution is -2.29. The maximum absolute atomic E-state index is 9.11. The van der Waals surface area contributed by atoms with Crippen molar-refractivity contribution in [3.05, 3.63) is 40.9 Å². The quantitative estimate of drug-likeness (QED) is 0.755. The van der Waals surface area contributed by atoms with Crippen molar-refractivity contribution >= 4 is 23.2 Å². The van der Waals surface area contributed by atoms with Gasteiger partial charge in [-0.15, -0.1) is 0 Å². The second-order valence-corrected chi connectivity index (χ2v) is 6.31. The summed E-state index contributed by atoms with van der Waals surface area (Å²) in [4.78, 5) is 15.1. The molecule has 4 rings (SSSR count). The molecule has 1 fully saturated rings. The third-order valence-electron chi connectivity index (χ3n) is 4.74. The van der Waals surface area contributed by atoms with Gasteiger partial charge in [-0.05, 0) is 25.0 Å². The van der Waals surface area contributed by atoms with Crippen LogP contribution in [0.4, 0.5) is 11.6 Å². The SMILES string of the molecule is N#Cc1ccnc(N2CC3(CCCC3)c3c(Cl)ncnc32)c1. The van der Waals surface area contributed by atoms with E-state index in [1.54, 1.807) is 18.3 Å². The molecule has 2 aliphatic rings. The van der Waals surface area contributed by atoms with Gasteiger partial charge in [0.25, 0.3) is 0 Å². The van der Waals surface area contributed by atoms with Crippen LogP contribution in [-0.4, -0.2) is 21.5 Å². The standard InChI is InChI=1S/C16H14ClN5/c17-14-13-15(21-10-20-14)22(9-16(13)4-1-2-5-16)12-7-11(8-18)3-6-19-12/h3,6-7,10H,1-2,4-5,9H2. The van der Waals surface area contributed by atoms with E-state index in [0.717, 1.165) is 36.6 Å². The Balaban J connectivity index is 1.87. The zero-order valence-corrected chi connectivity index (χ0v) is 12.7. The number of halogens is 1. The minimum Gasteiger partial charge on any atom is -0.310 e. The third kappa shape index (κ3) is 1.87. The Morgan fingerprint density at radius 3 is 2.82 bits per heavy atom. The first-order valence-electron chi connectivity index (χ1n) is 7.38.